The van der Waals surface area contributed by atoms with Crippen LogP contribution in [0.15, 0.2) is 42.6 Å². The molecule has 0 aliphatic heterocycles. The molecule has 0 aliphatic rings. The summed E-state index contributed by atoms with van der Waals surface area (Å²) in [7, 11) is 0. The maximum Gasteiger partial charge on any atom is 0.238 e. The Morgan fingerprint density at radius 3 is 2.64 bits per heavy atom. The van der Waals surface area contributed by atoms with E-state index in [1.54, 1.807) is 6.20 Å². The van der Waals surface area contributed by atoms with Gasteiger partial charge in [-0.05, 0) is 43.5 Å². The number of carbonyl (C=O) groups is 1. The molecule has 0 spiro atoms. The first-order chi connectivity index (χ1) is 12.0. The molecular weight excluding hydrogens is 314 g/mol. The first kappa shape index (κ1) is 18.9. The average Bonchev–Trinajstić information content (AvgIpc) is 2.58. The van der Waals surface area contributed by atoms with Crippen molar-refractivity contribution in [2.75, 3.05) is 18.5 Å². The van der Waals surface area contributed by atoms with Crippen LogP contribution in [0.2, 0.25) is 0 Å². The summed E-state index contributed by atoms with van der Waals surface area (Å²) >= 11 is 0. The van der Waals surface area contributed by atoms with Crippen molar-refractivity contribution < 1.29 is 9.53 Å². The van der Waals surface area contributed by atoms with Gasteiger partial charge in [0.1, 0.15) is 5.75 Å². The summed E-state index contributed by atoms with van der Waals surface area (Å²) in [6.07, 6.45) is 1.79. The molecule has 1 aromatic heterocycles. The number of carbonyl (C=O) groups excluding carboxylic acids is 1. The number of aryl methyl sites for hydroxylation is 1. The van der Waals surface area contributed by atoms with Crippen molar-refractivity contribution in [3.63, 3.8) is 0 Å². The van der Waals surface area contributed by atoms with E-state index in [0.717, 1.165) is 11.3 Å². The molecule has 25 heavy (non-hydrogen) atoms. The van der Waals surface area contributed by atoms with Crippen molar-refractivity contribution in [3.8, 4) is 5.75 Å². The molecule has 0 bridgehead atoms. The van der Waals surface area contributed by atoms with Gasteiger partial charge in [-0.3, -0.25) is 15.1 Å². The molecule has 1 aromatic carbocycles. The van der Waals surface area contributed by atoms with E-state index in [2.05, 4.69) is 29.5 Å². The minimum absolute atomic E-state index is 0.0223. The highest BCUT2D eigenvalue weighted by atomic mass is 16.5. The summed E-state index contributed by atoms with van der Waals surface area (Å²) in [6, 6.07) is 11.4. The highest BCUT2D eigenvalue weighted by Gasteiger charge is 2.19. The van der Waals surface area contributed by atoms with Crippen molar-refractivity contribution in [2.45, 2.75) is 33.7 Å². The normalized spacial score (nSPS) is 12.0. The van der Waals surface area contributed by atoms with E-state index in [1.807, 2.05) is 50.2 Å². The molecule has 134 valence electrons. The van der Waals surface area contributed by atoms with E-state index in [-0.39, 0.29) is 18.5 Å². The number of anilines is 1. The number of rotatable bonds is 8. The molecule has 1 heterocycles. The van der Waals surface area contributed by atoms with Crippen LogP contribution in [0, 0.1) is 12.8 Å². The minimum Gasteiger partial charge on any atom is -0.492 e. The lowest BCUT2D eigenvalue weighted by Crippen LogP contribution is -2.34. The molecule has 0 aliphatic carbocycles. The van der Waals surface area contributed by atoms with E-state index >= 15 is 0 Å². The van der Waals surface area contributed by atoms with Gasteiger partial charge in [-0.2, -0.15) is 0 Å². The van der Waals surface area contributed by atoms with Gasteiger partial charge in [0.2, 0.25) is 5.91 Å². The summed E-state index contributed by atoms with van der Waals surface area (Å²) in [5.74, 6) is 0.892. The Morgan fingerprint density at radius 1 is 1.20 bits per heavy atom. The number of nitrogens with one attached hydrogen (secondary N) is 2. The van der Waals surface area contributed by atoms with E-state index < -0.39 is 0 Å². The molecule has 1 atom stereocenters. The molecule has 0 radical (unpaired) electrons. The Labute approximate surface area is 149 Å². The van der Waals surface area contributed by atoms with Crippen molar-refractivity contribution in [3.05, 3.63) is 53.9 Å². The smallest absolute Gasteiger partial charge is 0.238 e. The predicted octanol–water partition coefficient (Wildman–Crippen LogP) is 3.71. The number of aromatic nitrogens is 1. The lowest BCUT2D eigenvalue weighted by molar-refractivity contribution is -0.115. The van der Waals surface area contributed by atoms with E-state index in [0.29, 0.717) is 24.0 Å². The zero-order valence-electron chi connectivity index (χ0n) is 15.4. The summed E-state index contributed by atoms with van der Waals surface area (Å²) in [6.45, 7) is 8.96. The first-order valence-corrected chi connectivity index (χ1v) is 8.69. The number of hydrogen-bond acceptors (Lipinski definition) is 4. The van der Waals surface area contributed by atoms with Crippen molar-refractivity contribution in [2.24, 2.45) is 5.92 Å². The number of para-hydroxylation sites is 2. The Kier molecular flexibility index (Phi) is 6.95. The van der Waals surface area contributed by atoms with Crippen LogP contribution in [0.1, 0.15) is 38.1 Å². The quantitative estimate of drug-likeness (QED) is 0.768. The second-order valence-electron chi connectivity index (χ2n) is 6.29. The molecule has 1 amide bonds. The van der Waals surface area contributed by atoms with Crippen LogP contribution in [0.5, 0.6) is 5.75 Å². The average molecular weight is 341 g/mol. The maximum absolute atomic E-state index is 12.4. The topological polar surface area (TPSA) is 63.2 Å². The molecule has 2 rings (SSSR count). The van der Waals surface area contributed by atoms with Gasteiger partial charge < -0.3 is 10.1 Å². The Balaban J connectivity index is 2.02. The largest absolute Gasteiger partial charge is 0.492 e. The summed E-state index contributed by atoms with van der Waals surface area (Å²) in [5.41, 5.74) is 2.79. The van der Waals surface area contributed by atoms with Crippen LogP contribution in [-0.4, -0.2) is 24.0 Å². The summed E-state index contributed by atoms with van der Waals surface area (Å²) in [4.78, 5) is 16.8. The third-order valence-electron chi connectivity index (χ3n) is 3.95. The lowest BCUT2D eigenvalue weighted by Gasteiger charge is -2.23. The number of hydrogen-bond donors (Lipinski definition) is 2. The SMILES string of the molecule is CCOc1ccccc1NC(=O)CN[C@@H](c1ncccc1C)C(C)C. The van der Waals surface area contributed by atoms with E-state index in [4.69, 9.17) is 4.74 Å². The predicted molar refractivity (Wildman–Crippen MR) is 101 cm³/mol. The standard InChI is InChI=1S/C20H27N3O2/c1-5-25-17-11-7-6-10-16(17)23-18(24)13-22-19(14(2)3)20-15(4)9-8-12-21-20/h6-12,14,19,22H,5,13H2,1-4H3,(H,23,24)/t19-/m1/s1. The molecule has 2 N–H and O–H groups in total. The van der Waals surface area contributed by atoms with Crippen LogP contribution in [-0.2, 0) is 4.79 Å². The highest BCUT2D eigenvalue weighted by Crippen LogP contribution is 2.24. The first-order valence-electron chi connectivity index (χ1n) is 8.69. The van der Waals surface area contributed by atoms with Gasteiger partial charge in [0.15, 0.2) is 0 Å². The molecule has 0 saturated carbocycles. The third kappa shape index (κ3) is 5.29. The van der Waals surface area contributed by atoms with Gasteiger partial charge in [0.25, 0.3) is 0 Å². The van der Waals surface area contributed by atoms with Crippen LogP contribution in [0.3, 0.4) is 0 Å². The second kappa shape index (κ2) is 9.18. The Bertz CT molecular complexity index is 701. The number of amides is 1. The molecule has 0 unspecified atom stereocenters. The number of nitrogens with zero attached hydrogens (tertiary/aromatic N) is 1. The zero-order valence-corrected chi connectivity index (χ0v) is 15.4. The van der Waals surface area contributed by atoms with Gasteiger partial charge in [-0.25, -0.2) is 0 Å². The molecule has 5 heteroatoms. The molecule has 5 nitrogen and oxygen atoms in total. The zero-order chi connectivity index (χ0) is 18.2. The number of ether oxygens (including phenoxy) is 1. The van der Waals surface area contributed by atoms with Crippen LogP contribution >= 0.6 is 0 Å². The van der Waals surface area contributed by atoms with Gasteiger partial charge in [0, 0.05) is 6.20 Å². The van der Waals surface area contributed by atoms with Crippen LogP contribution in [0.25, 0.3) is 0 Å². The molecule has 0 fully saturated rings. The fourth-order valence-electron chi connectivity index (χ4n) is 2.72. The minimum atomic E-state index is -0.105. The molecular formula is C20H27N3O2. The molecule has 2 aromatic rings. The van der Waals surface area contributed by atoms with Gasteiger partial charge in [-0.15, -0.1) is 0 Å². The monoisotopic (exact) mass is 341 g/mol. The van der Waals surface area contributed by atoms with Gasteiger partial charge in [0.05, 0.1) is 30.6 Å². The number of pyridine rings is 1. The Morgan fingerprint density at radius 2 is 1.96 bits per heavy atom. The highest BCUT2D eigenvalue weighted by molar-refractivity contribution is 5.93. The Hall–Kier alpha value is -2.40. The van der Waals surface area contributed by atoms with Crippen LogP contribution < -0.4 is 15.4 Å². The molecule has 0 saturated heterocycles. The van der Waals surface area contributed by atoms with Gasteiger partial charge in [-0.1, -0.05) is 32.0 Å². The second-order valence-corrected chi connectivity index (χ2v) is 6.29. The van der Waals surface area contributed by atoms with Crippen molar-refractivity contribution in [1.29, 1.82) is 0 Å². The number of benzene rings is 1. The fraction of sp³-hybridized carbons (Fsp3) is 0.400. The third-order valence-corrected chi connectivity index (χ3v) is 3.95. The van der Waals surface area contributed by atoms with Crippen molar-refractivity contribution in [1.82, 2.24) is 10.3 Å². The maximum atomic E-state index is 12.4. The van der Waals surface area contributed by atoms with E-state index in [1.165, 1.54) is 0 Å². The van der Waals surface area contributed by atoms with Gasteiger partial charge >= 0.3 is 0 Å². The van der Waals surface area contributed by atoms with E-state index in [9.17, 15) is 4.79 Å². The summed E-state index contributed by atoms with van der Waals surface area (Å²) < 4.78 is 5.54. The van der Waals surface area contributed by atoms with Crippen LogP contribution in [0.4, 0.5) is 5.69 Å². The van der Waals surface area contributed by atoms with Crippen molar-refractivity contribution >= 4 is 11.6 Å². The fourth-order valence-corrected chi connectivity index (χ4v) is 2.72. The summed E-state index contributed by atoms with van der Waals surface area (Å²) in [5, 5.41) is 6.24. The lowest BCUT2D eigenvalue weighted by atomic mass is 9.97.